The average molecular weight is 164 g/mol. The van der Waals surface area contributed by atoms with Crippen LogP contribution in [-0.2, 0) is 0 Å². The minimum atomic E-state index is -1.25. The van der Waals surface area contributed by atoms with Crippen molar-refractivity contribution in [2.75, 3.05) is 7.05 Å². The fraction of sp³-hybridized carbons (Fsp3) is 0.250. The largest absolute Gasteiger partial charge is 0.597 e. The normalized spacial score (nSPS) is 19.7. The Kier molecular flexibility index (Phi) is 2.38. The molecule has 0 heterocycles. The number of nitroso groups, excluding NO2 is 1. The number of allylic oxidation sites excluding steroid dienone is 3. The van der Waals surface area contributed by atoms with Gasteiger partial charge in [-0.15, -0.1) is 0 Å². The number of hydrogen-bond acceptors (Lipinski definition) is 3. The number of nitrogens with zero attached hydrogens (tertiary/aromatic N) is 2. The van der Waals surface area contributed by atoms with E-state index in [0.717, 1.165) is 0 Å². The number of hydroxylamine groups is 2. The molecular weight excluding hydrogens is 156 g/mol. The molecule has 0 spiro atoms. The summed E-state index contributed by atoms with van der Waals surface area (Å²) in [6.45, 7) is 0. The first-order chi connectivity index (χ1) is 5.67. The number of quaternary nitrogens is 1. The van der Waals surface area contributed by atoms with Crippen LogP contribution in [0, 0.1) is 22.0 Å². The Balaban J connectivity index is 2.90. The van der Waals surface area contributed by atoms with Gasteiger partial charge in [0.25, 0.3) is 0 Å². The molecule has 0 radical (unpaired) electrons. The Labute approximate surface area is 70.3 Å². The molecule has 1 rings (SSSR count). The zero-order valence-corrected chi connectivity index (χ0v) is 6.65. The van der Waals surface area contributed by atoms with Crippen molar-refractivity contribution in [2.24, 2.45) is 5.29 Å². The van der Waals surface area contributed by atoms with Crippen LogP contribution in [-0.4, -0.2) is 11.8 Å². The lowest BCUT2D eigenvalue weighted by molar-refractivity contribution is -0.827. The molecule has 0 saturated heterocycles. The molecule has 12 heavy (non-hydrogen) atoms. The summed E-state index contributed by atoms with van der Waals surface area (Å²) in [5, 5.41) is 13.7. The van der Waals surface area contributed by atoms with E-state index in [4.69, 9.17) is 0 Å². The van der Waals surface area contributed by atoms with Crippen LogP contribution in [0.1, 0.15) is 6.42 Å². The molecule has 0 bridgehead atoms. The second-order valence-electron chi connectivity index (χ2n) is 2.45. The quantitative estimate of drug-likeness (QED) is 0.268. The van der Waals surface area contributed by atoms with E-state index in [-0.39, 0.29) is 0 Å². The van der Waals surface area contributed by atoms with Gasteiger partial charge >= 0.3 is 0 Å². The average Bonchev–Trinajstić information content (AvgIpc) is 2.32. The minimum Gasteiger partial charge on any atom is -0.597 e. The summed E-state index contributed by atoms with van der Waals surface area (Å²) in [5.74, 6) is 5.47. The Bertz CT molecular complexity index is 305. The van der Waals surface area contributed by atoms with Crippen molar-refractivity contribution in [3.63, 3.8) is 0 Å². The molecule has 1 atom stereocenters. The Morgan fingerprint density at radius 3 is 3.17 bits per heavy atom. The lowest BCUT2D eigenvalue weighted by atomic mass is 10.3. The van der Waals surface area contributed by atoms with E-state index in [1.807, 2.05) is 0 Å². The maximum Gasteiger partial charge on any atom is 0.159 e. The molecule has 0 aliphatic heterocycles. The highest BCUT2D eigenvalue weighted by molar-refractivity contribution is 5.28. The number of likely N-dealkylation sites (N-methyl/N-ethyl adjacent to an activating group) is 1. The fourth-order valence-corrected chi connectivity index (χ4v) is 0.823. The van der Waals surface area contributed by atoms with E-state index in [2.05, 4.69) is 17.1 Å². The third-order valence-corrected chi connectivity index (χ3v) is 1.49. The van der Waals surface area contributed by atoms with Crippen LogP contribution in [0.2, 0.25) is 0 Å². The van der Waals surface area contributed by atoms with E-state index in [1.54, 1.807) is 12.2 Å². The summed E-state index contributed by atoms with van der Waals surface area (Å²) in [6, 6.07) is 0. The van der Waals surface area contributed by atoms with Gasteiger partial charge in [-0.1, -0.05) is 16.7 Å². The molecule has 1 aliphatic carbocycles. The Morgan fingerprint density at radius 2 is 2.50 bits per heavy atom. The van der Waals surface area contributed by atoms with Crippen LogP contribution in [0.15, 0.2) is 29.2 Å². The van der Waals surface area contributed by atoms with Crippen LogP contribution >= 0.6 is 0 Å². The van der Waals surface area contributed by atoms with Gasteiger partial charge in [0.2, 0.25) is 0 Å². The highest BCUT2D eigenvalue weighted by atomic mass is 16.6. The highest BCUT2D eigenvalue weighted by Gasteiger charge is 2.16. The molecule has 0 N–H and O–H groups in total. The second-order valence-corrected chi connectivity index (χ2v) is 2.45. The van der Waals surface area contributed by atoms with Gasteiger partial charge in [-0.05, 0) is 12.2 Å². The minimum absolute atomic E-state index is 0.308. The van der Waals surface area contributed by atoms with Gasteiger partial charge in [0, 0.05) is 12.5 Å². The van der Waals surface area contributed by atoms with E-state index < -0.39 is 4.76 Å². The van der Waals surface area contributed by atoms with E-state index in [0.29, 0.717) is 12.1 Å². The van der Waals surface area contributed by atoms with Crippen molar-refractivity contribution in [3.8, 4) is 11.8 Å². The van der Waals surface area contributed by atoms with Crippen molar-refractivity contribution in [1.82, 2.24) is 0 Å². The molecule has 0 aromatic heterocycles. The zero-order chi connectivity index (χ0) is 9.03. The molecule has 0 saturated carbocycles. The molecule has 1 aliphatic rings. The van der Waals surface area contributed by atoms with Gasteiger partial charge in [0.15, 0.2) is 11.0 Å². The van der Waals surface area contributed by atoms with Crippen LogP contribution in [0.5, 0.6) is 0 Å². The predicted octanol–water partition coefficient (Wildman–Crippen LogP) is 1.46. The lowest BCUT2D eigenvalue weighted by Gasteiger charge is -2.26. The maximum atomic E-state index is 11.3. The summed E-state index contributed by atoms with van der Waals surface area (Å²) >= 11 is 0. The smallest absolute Gasteiger partial charge is 0.159 e. The van der Waals surface area contributed by atoms with Crippen molar-refractivity contribution in [2.45, 2.75) is 6.42 Å². The third-order valence-electron chi connectivity index (χ3n) is 1.49. The van der Waals surface area contributed by atoms with Crippen LogP contribution in [0.4, 0.5) is 0 Å². The van der Waals surface area contributed by atoms with Crippen LogP contribution in [0.3, 0.4) is 0 Å². The van der Waals surface area contributed by atoms with Gasteiger partial charge in [0.1, 0.15) is 7.05 Å². The molecule has 0 aromatic carbocycles. The monoisotopic (exact) mass is 164 g/mol. The molecule has 1 unspecified atom stereocenters. The van der Waals surface area contributed by atoms with Gasteiger partial charge in [-0.3, -0.25) is 0 Å². The van der Waals surface area contributed by atoms with Gasteiger partial charge < -0.3 is 5.21 Å². The van der Waals surface area contributed by atoms with Gasteiger partial charge in [-0.2, -0.15) is 4.76 Å². The summed E-state index contributed by atoms with van der Waals surface area (Å²) in [4.78, 5) is 10.1. The molecule has 0 fully saturated rings. The lowest BCUT2D eigenvalue weighted by Crippen LogP contribution is -2.28. The fourth-order valence-electron chi connectivity index (χ4n) is 0.823. The SMILES string of the molecule is C[N+]([O-])(N=O)C1=CCC#CC=C1. The first-order valence-corrected chi connectivity index (χ1v) is 3.45. The number of rotatable bonds is 2. The van der Waals surface area contributed by atoms with Crippen molar-refractivity contribution >= 4 is 0 Å². The van der Waals surface area contributed by atoms with Crippen molar-refractivity contribution < 1.29 is 4.76 Å². The van der Waals surface area contributed by atoms with Crippen molar-refractivity contribution in [3.05, 3.63) is 34.0 Å². The zero-order valence-electron chi connectivity index (χ0n) is 6.65. The summed E-state index contributed by atoms with van der Waals surface area (Å²) < 4.78 is -1.25. The van der Waals surface area contributed by atoms with E-state index >= 15 is 0 Å². The van der Waals surface area contributed by atoms with Gasteiger partial charge in [0.05, 0.1) is 0 Å². The maximum absolute atomic E-state index is 11.3. The van der Waals surface area contributed by atoms with Gasteiger partial charge in [-0.25, -0.2) is 0 Å². The molecule has 0 aromatic rings. The molecule has 4 nitrogen and oxygen atoms in total. The molecule has 4 heteroatoms. The number of hydrogen-bond donors (Lipinski definition) is 0. The predicted molar refractivity (Wildman–Crippen MR) is 45.0 cm³/mol. The van der Waals surface area contributed by atoms with E-state index in [9.17, 15) is 10.1 Å². The molecule has 62 valence electrons. The Morgan fingerprint density at radius 1 is 1.75 bits per heavy atom. The third kappa shape index (κ3) is 1.78. The van der Waals surface area contributed by atoms with E-state index in [1.165, 1.54) is 13.1 Å². The summed E-state index contributed by atoms with van der Waals surface area (Å²) in [6.07, 6.45) is 5.13. The van der Waals surface area contributed by atoms with Crippen molar-refractivity contribution in [1.29, 1.82) is 0 Å². The first-order valence-electron chi connectivity index (χ1n) is 3.45. The first kappa shape index (κ1) is 8.65. The highest BCUT2D eigenvalue weighted by Crippen LogP contribution is 2.16. The summed E-state index contributed by atoms with van der Waals surface area (Å²) in [7, 11) is 1.18. The second kappa shape index (κ2) is 3.30. The topological polar surface area (TPSA) is 52.5 Å². The molecular formula is C8H8N2O2. The Hall–Kier alpha value is -1.44. The standard InChI is InChI=1S/C8H8N2O2/c1-10(12,9-11)8-6-4-2-3-5-7-8/h4,6-7H,5H2,1H3. The summed E-state index contributed by atoms with van der Waals surface area (Å²) in [5.41, 5.74) is 0.308. The van der Waals surface area contributed by atoms with Crippen LogP contribution in [0.25, 0.3) is 0 Å². The molecule has 0 amide bonds. The van der Waals surface area contributed by atoms with Crippen LogP contribution < -0.4 is 0 Å².